The van der Waals surface area contributed by atoms with E-state index >= 15 is 0 Å². The van der Waals surface area contributed by atoms with E-state index in [0.717, 1.165) is 0 Å². The van der Waals surface area contributed by atoms with Crippen LogP contribution >= 0.6 is 0 Å². The van der Waals surface area contributed by atoms with E-state index in [4.69, 9.17) is 4.42 Å². The van der Waals surface area contributed by atoms with E-state index in [-0.39, 0.29) is 12.4 Å². The van der Waals surface area contributed by atoms with Gasteiger partial charge in [-0.3, -0.25) is 14.9 Å². The number of Topliss-reactive ketones (excluding diaryl/α,β-unsaturated/α-hetero) is 1. The van der Waals surface area contributed by atoms with E-state index in [9.17, 15) is 14.0 Å². The van der Waals surface area contributed by atoms with Crippen molar-refractivity contribution in [3.05, 3.63) is 54.2 Å². The maximum absolute atomic E-state index is 12.9. The van der Waals surface area contributed by atoms with E-state index in [0.29, 0.717) is 18.0 Å². The predicted molar refractivity (Wildman–Crippen MR) is 73.1 cm³/mol. The van der Waals surface area contributed by atoms with Crippen molar-refractivity contribution in [2.45, 2.75) is 12.6 Å². The molecule has 1 atom stereocenters. The van der Waals surface area contributed by atoms with Gasteiger partial charge in [-0.15, -0.1) is 0 Å². The molecule has 108 valence electrons. The maximum Gasteiger partial charge on any atom is 0.296 e. The van der Waals surface area contributed by atoms with Gasteiger partial charge in [0.1, 0.15) is 11.6 Å². The Balaban J connectivity index is 1.70. The second-order valence-corrected chi connectivity index (χ2v) is 4.77. The molecule has 1 unspecified atom stereocenters. The minimum absolute atomic E-state index is 0.226. The van der Waals surface area contributed by atoms with Gasteiger partial charge in [0.15, 0.2) is 0 Å². The molecule has 0 bridgehead atoms. The fraction of sp³-hybridized carbons (Fsp3) is 0.200. The first-order valence-electron chi connectivity index (χ1n) is 6.52. The first kappa shape index (κ1) is 13.5. The summed E-state index contributed by atoms with van der Waals surface area (Å²) in [5, 5.41) is 3.00. The fourth-order valence-electron chi connectivity index (χ4n) is 2.27. The van der Waals surface area contributed by atoms with Gasteiger partial charge in [-0.2, -0.15) is 0 Å². The molecule has 21 heavy (non-hydrogen) atoms. The van der Waals surface area contributed by atoms with Gasteiger partial charge in [-0.25, -0.2) is 4.39 Å². The summed E-state index contributed by atoms with van der Waals surface area (Å²) in [6.07, 6.45) is 1.55. The number of amides is 1. The number of anilines is 1. The van der Waals surface area contributed by atoms with E-state index < -0.39 is 17.7 Å². The molecule has 1 saturated heterocycles. The Morgan fingerprint density at radius 2 is 2.00 bits per heavy atom. The predicted octanol–water partition coefficient (Wildman–Crippen LogP) is 1.49. The summed E-state index contributed by atoms with van der Waals surface area (Å²) in [6.45, 7) is 0.595. The van der Waals surface area contributed by atoms with Crippen LogP contribution in [0.2, 0.25) is 0 Å². The third kappa shape index (κ3) is 2.71. The van der Waals surface area contributed by atoms with Crippen molar-refractivity contribution in [3.8, 4) is 0 Å². The number of nitrogens with one attached hydrogen (secondary N) is 1. The molecule has 6 heteroatoms. The zero-order valence-corrected chi connectivity index (χ0v) is 11.1. The van der Waals surface area contributed by atoms with Crippen LogP contribution in [-0.4, -0.2) is 24.3 Å². The Kier molecular flexibility index (Phi) is 3.53. The van der Waals surface area contributed by atoms with Gasteiger partial charge < -0.3 is 9.32 Å². The van der Waals surface area contributed by atoms with Gasteiger partial charge in [0.2, 0.25) is 5.78 Å². The molecule has 3 rings (SSSR count). The average Bonchev–Trinajstić information content (AvgIpc) is 3.09. The smallest absolute Gasteiger partial charge is 0.296 e. The Hall–Kier alpha value is -2.47. The number of hydrogen-bond acceptors (Lipinski definition) is 4. The topological polar surface area (TPSA) is 62.6 Å². The van der Waals surface area contributed by atoms with Crippen LogP contribution in [0.4, 0.5) is 10.1 Å². The molecule has 1 fully saturated rings. The quantitative estimate of drug-likeness (QED) is 0.866. The van der Waals surface area contributed by atoms with Crippen LogP contribution in [0.5, 0.6) is 0 Å². The standard InChI is InChI=1S/C15H13FN2O3/c16-10-3-5-11(6-4-10)18-9-13(14(19)15(18)20)17-8-12-2-1-7-21-12/h1-7,13,17H,8-9H2. The molecule has 1 aromatic carbocycles. The van der Waals surface area contributed by atoms with Crippen LogP contribution in [0.25, 0.3) is 0 Å². The number of rotatable bonds is 4. The first-order valence-corrected chi connectivity index (χ1v) is 6.52. The summed E-state index contributed by atoms with van der Waals surface area (Å²) in [5.74, 6) is -0.774. The molecule has 2 heterocycles. The van der Waals surface area contributed by atoms with E-state index in [1.54, 1.807) is 18.4 Å². The van der Waals surface area contributed by atoms with Crippen molar-refractivity contribution < 1.29 is 18.4 Å². The van der Waals surface area contributed by atoms with Crippen molar-refractivity contribution in [2.75, 3.05) is 11.4 Å². The molecule has 5 nitrogen and oxygen atoms in total. The highest BCUT2D eigenvalue weighted by atomic mass is 19.1. The lowest BCUT2D eigenvalue weighted by molar-refractivity contribution is -0.134. The average molecular weight is 288 g/mol. The zero-order valence-electron chi connectivity index (χ0n) is 11.1. The lowest BCUT2D eigenvalue weighted by atomic mass is 10.2. The fourth-order valence-corrected chi connectivity index (χ4v) is 2.27. The maximum atomic E-state index is 12.9. The Morgan fingerprint density at radius 1 is 1.24 bits per heavy atom. The number of furan rings is 1. The van der Waals surface area contributed by atoms with Crippen molar-refractivity contribution in [1.29, 1.82) is 0 Å². The van der Waals surface area contributed by atoms with Crippen LogP contribution < -0.4 is 10.2 Å². The lowest BCUT2D eigenvalue weighted by Crippen LogP contribution is -2.36. The van der Waals surface area contributed by atoms with Gasteiger partial charge >= 0.3 is 0 Å². The van der Waals surface area contributed by atoms with Crippen LogP contribution in [0.15, 0.2) is 47.1 Å². The van der Waals surface area contributed by atoms with Crippen LogP contribution in [0.3, 0.4) is 0 Å². The zero-order chi connectivity index (χ0) is 14.8. The molecular weight excluding hydrogens is 275 g/mol. The van der Waals surface area contributed by atoms with Crippen molar-refractivity contribution >= 4 is 17.4 Å². The number of carbonyl (C=O) groups excluding carboxylic acids is 2. The highest BCUT2D eigenvalue weighted by Gasteiger charge is 2.39. The molecule has 1 N–H and O–H groups in total. The van der Waals surface area contributed by atoms with Crippen molar-refractivity contribution in [1.82, 2.24) is 5.32 Å². The molecule has 0 radical (unpaired) electrons. The van der Waals surface area contributed by atoms with Gasteiger partial charge in [-0.05, 0) is 36.4 Å². The Labute approximate surface area is 120 Å². The van der Waals surface area contributed by atoms with Crippen LogP contribution in [0.1, 0.15) is 5.76 Å². The summed E-state index contributed by atoms with van der Waals surface area (Å²) in [4.78, 5) is 25.3. The minimum atomic E-state index is -0.590. The van der Waals surface area contributed by atoms with E-state index in [2.05, 4.69) is 5.32 Å². The molecule has 0 saturated carbocycles. The van der Waals surface area contributed by atoms with Gasteiger partial charge in [-0.1, -0.05) is 0 Å². The Bertz CT molecular complexity index is 652. The number of ketones is 1. The SMILES string of the molecule is O=C1C(=O)N(c2ccc(F)cc2)CC1NCc1ccco1. The number of hydrogen-bond donors (Lipinski definition) is 1. The molecular formula is C15H13FN2O3. The summed E-state index contributed by atoms with van der Waals surface area (Å²) in [7, 11) is 0. The summed E-state index contributed by atoms with van der Waals surface area (Å²) in [6, 6.07) is 8.43. The van der Waals surface area contributed by atoms with Gasteiger partial charge in [0.05, 0.1) is 18.8 Å². The number of nitrogens with zero attached hydrogens (tertiary/aromatic N) is 1. The van der Waals surface area contributed by atoms with Gasteiger partial charge in [0.25, 0.3) is 5.91 Å². The first-order chi connectivity index (χ1) is 10.1. The lowest BCUT2D eigenvalue weighted by Gasteiger charge is -2.15. The minimum Gasteiger partial charge on any atom is -0.468 e. The van der Waals surface area contributed by atoms with Crippen molar-refractivity contribution in [3.63, 3.8) is 0 Å². The highest BCUT2D eigenvalue weighted by molar-refractivity contribution is 6.45. The summed E-state index contributed by atoms with van der Waals surface area (Å²) >= 11 is 0. The van der Waals surface area contributed by atoms with Crippen molar-refractivity contribution in [2.24, 2.45) is 0 Å². The summed E-state index contributed by atoms with van der Waals surface area (Å²) < 4.78 is 18.1. The third-order valence-corrected chi connectivity index (χ3v) is 3.38. The molecule has 1 aliphatic rings. The molecule has 1 aliphatic heterocycles. The van der Waals surface area contributed by atoms with E-state index in [1.165, 1.54) is 29.2 Å². The molecule has 1 aromatic heterocycles. The molecule has 1 amide bonds. The number of benzene rings is 1. The molecule has 2 aromatic rings. The monoisotopic (exact) mass is 288 g/mol. The number of carbonyl (C=O) groups is 2. The largest absolute Gasteiger partial charge is 0.468 e. The molecule has 0 spiro atoms. The van der Waals surface area contributed by atoms with Gasteiger partial charge in [0, 0.05) is 12.2 Å². The summed E-state index contributed by atoms with van der Waals surface area (Å²) in [5.41, 5.74) is 0.511. The number of halogens is 1. The normalized spacial score (nSPS) is 18.5. The second-order valence-electron chi connectivity index (χ2n) is 4.77. The molecule has 0 aliphatic carbocycles. The van der Waals surface area contributed by atoms with Crippen LogP contribution in [0, 0.1) is 5.82 Å². The van der Waals surface area contributed by atoms with E-state index in [1.807, 2.05) is 0 Å². The third-order valence-electron chi connectivity index (χ3n) is 3.38. The van der Waals surface area contributed by atoms with Crippen LogP contribution in [-0.2, 0) is 16.1 Å². The second kappa shape index (κ2) is 5.49. The Morgan fingerprint density at radius 3 is 2.67 bits per heavy atom. The highest BCUT2D eigenvalue weighted by Crippen LogP contribution is 2.20.